The molecule has 1 unspecified atom stereocenters. The fourth-order valence-corrected chi connectivity index (χ4v) is 1.93. The van der Waals surface area contributed by atoms with E-state index in [1.54, 1.807) is 18.2 Å². The Bertz CT molecular complexity index is 353. The molecular formula is C14H21F2NO. The van der Waals surface area contributed by atoms with E-state index >= 15 is 0 Å². The van der Waals surface area contributed by atoms with E-state index in [-0.39, 0.29) is 11.8 Å². The van der Waals surface area contributed by atoms with Crippen LogP contribution in [-0.4, -0.2) is 12.7 Å². The van der Waals surface area contributed by atoms with Crippen LogP contribution in [0.5, 0.6) is 5.75 Å². The number of alkyl halides is 2. The minimum atomic E-state index is -2.78. The standard InChI is InChI=1S/C14H21F2NO/c1-4-12(5-2)17-10(3)11-7-6-8-13(9-11)18-14(15)16/h6-10,12,14,17H,4-5H2,1-3H3. The number of benzene rings is 1. The molecule has 0 aromatic heterocycles. The third-order valence-corrected chi connectivity index (χ3v) is 3.05. The number of ether oxygens (including phenoxy) is 1. The van der Waals surface area contributed by atoms with Gasteiger partial charge in [0.1, 0.15) is 5.75 Å². The first-order valence-electron chi connectivity index (χ1n) is 6.37. The lowest BCUT2D eigenvalue weighted by molar-refractivity contribution is -0.0499. The normalized spacial score (nSPS) is 13.1. The van der Waals surface area contributed by atoms with Gasteiger partial charge in [0, 0.05) is 12.1 Å². The number of hydrogen-bond acceptors (Lipinski definition) is 2. The Morgan fingerprint density at radius 1 is 1.22 bits per heavy atom. The van der Waals surface area contributed by atoms with Gasteiger partial charge in [-0.2, -0.15) is 8.78 Å². The zero-order valence-electron chi connectivity index (χ0n) is 11.1. The number of nitrogens with one attached hydrogen (secondary N) is 1. The van der Waals surface area contributed by atoms with Gasteiger partial charge in [-0.3, -0.25) is 0 Å². The third kappa shape index (κ3) is 4.61. The van der Waals surface area contributed by atoms with E-state index in [9.17, 15) is 8.78 Å². The van der Waals surface area contributed by atoms with Gasteiger partial charge in [0.25, 0.3) is 0 Å². The molecule has 1 aromatic carbocycles. The lowest BCUT2D eigenvalue weighted by Crippen LogP contribution is -2.30. The number of rotatable bonds is 7. The Hall–Kier alpha value is -1.16. The van der Waals surface area contributed by atoms with E-state index in [0.29, 0.717) is 6.04 Å². The van der Waals surface area contributed by atoms with E-state index in [0.717, 1.165) is 18.4 Å². The summed E-state index contributed by atoms with van der Waals surface area (Å²) in [6.07, 6.45) is 2.10. The maximum atomic E-state index is 12.1. The molecule has 1 N–H and O–H groups in total. The minimum Gasteiger partial charge on any atom is -0.435 e. The van der Waals surface area contributed by atoms with Crippen molar-refractivity contribution in [1.29, 1.82) is 0 Å². The SMILES string of the molecule is CCC(CC)NC(C)c1cccc(OC(F)F)c1. The lowest BCUT2D eigenvalue weighted by Gasteiger charge is -2.21. The average Bonchev–Trinajstić information content (AvgIpc) is 2.35. The first-order valence-corrected chi connectivity index (χ1v) is 6.37. The molecule has 1 aromatic rings. The molecule has 4 heteroatoms. The molecule has 0 radical (unpaired) electrons. The van der Waals surface area contributed by atoms with Crippen LogP contribution < -0.4 is 10.1 Å². The fourth-order valence-electron chi connectivity index (χ4n) is 1.93. The Labute approximate surface area is 107 Å². The number of hydrogen-bond donors (Lipinski definition) is 1. The second-order valence-corrected chi connectivity index (χ2v) is 4.35. The second kappa shape index (κ2) is 7.31. The van der Waals surface area contributed by atoms with Crippen LogP contribution in [0.1, 0.15) is 45.2 Å². The van der Waals surface area contributed by atoms with E-state index < -0.39 is 6.61 Å². The maximum Gasteiger partial charge on any atom is 0.387 e. The van der Waals surface area contributed by atoms with Crippen molar-refractivity contribution in [2.45, 2.75) is 52.3 Å². The summed E-state index contributed by atoms with van der Waals surface area (Å²) in [6, 6.07) is 7.41. The molecule has 0 aliphatic carbocycles. The maximum absolute atomic E-state index is 12.1. The summed E-state index contributed by atoms with van der Waals surface area (Å²) in [5, 5.41) is 3.47. The minimum absolute atomic E-state index is 0.121. The Kier molecular flexibility index (Phi) is 6.05. The average molecular weight is 257 g/mol. The fraction of sp³-hybridized carbons (Fsp3) is 0.571. The molecule has 0 saturated heterocycles. The molecule has 102 valence electrons. The van der Waals surface area contributed by atoms with Crippen LogP contribution in [-0.2, 0) is 0 Å². The highest BCUT2D eigenvalue weighted by atomic mass is 19.3. The first kappa shape index (κ1) is 14.9. The summed E-state index contributed by atoms with van der Waals surface area (Å²) in [6.45, 7) is 3.51. The topological polar surface area (TPSA) is 21.3 Å². The molecular weight excluding hydrogens is 236 g/mol. The van der Waals surface area contributed by atoms with Gasteiger partial charge in [0.2, 0.25) is 0 Å². The van der Waals surface area contributed by atoms with E-state index in [1.165, 1.54) is 0 Å². The van der Waals surface area contributed by atoms with Gasteiger partial charge in [-0.25, -0.2) is 0 Å². The molecule has 0 heterocycles. The lowest BCUT2D eigenvalue weighted by atomic mass is 10.1. The molecule has 0 bridgehead atoms. The van der Waals surface area contributed by atoms with Gasteiger partial charge in [-0.05, 0) is 37.5 Å². The van der Waals surface area contributed by atoms with Crippen molar-refractivity contribution in [3.63, 3.8) is 0 Å². The molecule has 1 rings (SSSR count). The monoisotopic (exact) mass is 257 g/mol. The number of halogens is 2. The quantitative estimate of drug-likeness (QED) is 0.793. The Morgan fingerprint density at radius 2 is 1.89 bits per heavy atom. The van der Waals surface area contributed by atoms with Crippen molar-refractivity contribution < 1.29 is 13.5 Å². The summed E-state index contributed by atoms with van der Waals surface area (Å²) in [5.41, 5.74) is 0.958. The third-order valence-electron chi connectivity index (χ3n) is 3.05. The van der Waals surface area contributed by atoms with Crippen molar-refractivity contribution in [2.75, 3.05) is 0 Å². The van der Waals surface area contributed by atoms with Crippen molar-refractivity contribution >= 4 is 0 Å². The van der Waals surface area contributed by atoms with Crippen LogP contribution in [0.25, 0.3) is 0 Å². The van der Waals surface area contributed by atoms with E-state index in [2.05, 4.69) is 23.9 Å². The molecule has 18 heavy (non-hydrogen) atoms. The van der Waals surface area contributed by atoms with Crippen LogP contribution in [0.2, 0.25) is 0 Å². The zero-order chi connectivity index (χ0) is 13.5. The van der Waals surface area contributed by atoms with Gasteiger partial charge in [0.15, 0.2) is 0 Å². The van der Waals surface area contributed by atoms with Crippen molar-refractivity contribution in [3.05, 3.63) is 29.8 Å². The summed E-state index contributed by atoms with van der Waals surface area (Å²) < 4.78 is 28.7. The van der Waals surface area contributed by atoms with Gasteiger partial charge >= 0.3 is 6.61 Å². The van der Waals surface area contributed by atoms with Gasteiger partial charge in [0.05, 0.1) is 0 Å². The summed E-state index contributed by atoms with van der Waals surface area (Å²) in [7, 11) is 0. The van der Waals surface area contributed by atoms with Crippen LogP contribution in [0, 0.1) is 0 Å². The highest BCUT2D eigenvalue weighted by Gasteiger charge is 2.12. The van der Waals surface area contributed by atoms with Crippen LogP contribution in [0.3, 0.4) is 0 Å². The van der Waals surface area contributed by atoms with Crippen molar-refractivity contribution in [1.82, 2.24) is 5.32 Å². The molecule has 0 amide bonds. The first-order chi connectivity index (χ1) is 8.56. The molecule has 0 saturated carbocycles. The Morgan fingerprint density at radius 3 is 2.44 bits per heavy atom. The largest absolute Gasteiger partial charge is 0.435 e. The van der Waals surface area contributed by atoms with Gasteiger partial charge < -0.3 is 10.1 Å². The second-order valence-electron chi connectivity index (χ2n) is 4.35. The highest BCUT2D eigenvalue weighted by molar-refractivity contribution is 5.30. The van der Waals surface area contributed by atoms with Crippen LogP contribution >= 0.6 is 0 Å². The molecule has 0 aliphatic heterocycles. The summed E-state index contributed by atoms with van der Waals surface area (Å²) in [5.74, 6) is 0.209. The molecule has 1 atom stereocenters. The van der Waals surface area contributed by atoms with Gasteiger partial charge in [-0.1, -0.05) is 26.0 Å². The zero-order valence-corrected chi connectivity index (χ0v) is 11.1. The van der Waals surface area contributed by atoms with Crippen molar-refractivity contribution in [3.8, 4) is 5.75 Å². The summed E-state index contributed by atoms with van der Waals surface area (Å²) in [4.78, 5) is 0. The van der Waals surface area contributed by atoms with Crippen molar-refractivity contribution in [2.24, 2.45) is 0 Å². The van der Waals surface area contributed by atoms with Gasteiger partial charge in [-0.15, -0.1) is 0 Å². The molecule has 0 aliphatic rings. The molecule has 0 spiro atoms. The van der Waals surface area contributed by atoms with E-state index in [4.69, 9.17) is 0 Å². The summed E-state index contributed by atoms with van der Waals surface area (Å²) >= 11 is 0. The van der Waals surface area contributed by atoms with E-state index in [1.807, 2.05) is 13.0 Å². The predicted octanol–water partition coefficient (Wildman–Crippen LogP) is 4.13. The smallest absolute Gasteiger partial charge is 0.387 e. The predicted molar refractivity (Wildman–Crippen MR) is 69.0 cm³/mol. The Balaban J connectivity index is 2.70. The van der Waals surface area contributed by atoms with Crippen LogP contribution in [0.15, 0.2) is 24.3 Å². The molecule has 0 fully saturated rings. The molecule has 2 nitrogen and oxygen atoms in total. The van der Waals surface area contributed by atoms with Crippen LogP contribution in [0.4, 0.5) is 8.78 Å². The highest BCUT2D eigenvalue weighted by Crippen LogP contribution is 2.21.